The van der Waals surface area contributed by atoms with E-state index >= 15 is 0 Å². The molecule has 1 heterocycles. The zero-order valence-corrected chi connectivity index (χ0v) is 75.6. The average Bonchev–Trinajstić information content (AvgIpc) is 1.70. The zero-order chi connectivity index (χ0) is 95.4. The van der Waals surface area contributed by atoms with Crippen LogP contribution in [0.5, 0.6) is 0 Å². The first-order valence-corrected chi connectivity index (χ1v) is 42.1. The molecule has 0 saturated heterocycles. The van der Waals surface area contributed by atoms with Crippen molar-refractivity contribution in [3.05, 3.63) is 36.0 Å². The van der Waals surface area contributed by atoms with Crippen molar-refractivity contribution in [1.82, 2.24) is 106 Å². The molecule has 0 spiro atoms. The average molecular weight is 1810 g/mol. The van der Waals surface area contributed by atoms with Gasteiger partial charge in [-0.15, -0.1) is 0 Å². The lowest BCUT2D eigenvalue weighted by Gasteiger charge is -2.30. The number of nitrogens with one attached hydrogen (secondary N) is 20. The van der Waals surface area contributed by atoms with E-state index in [0.717, 1.165) is 17.8 Å². The molecule has 1 aromatic carbocycles. The maximum absolute atomic E-state index is 14.0. The largest absolute Gasteiger partial charge is 0.480 e. The van der Waals surface area contributed by atoms with Gasteiger partial charge < -0.3 is 127 Å². The third kappa shape index (κ3) is 38.0. The highest BCUT2D eigenvalue weighted by Crippen LogP contribution is 2.21. The number of aromatic amines is 1. The Labute approximate surface area is 736 Å². The van der Waals surface area contributed by atoms with Crippen LogP contribution in [0.25, 0.3) is 10.9 Å². The van der Waals surface area contributed by atoms with Gasteiger partial charge in [-0.2, -0.15) is 25.3 Å². The van der Waals surface area contributed by atoms with E-state index in [4.69, 9.17) is 5.73 Å². The van der Waals surface area contributed by atoms with Gasteiger partial charge in [0, 0.05) is 35.0 Å². The Balaban J connectivity index is 1.96. The van der Waals surface area contributed by atoms with Crippen LogP contribution in [0.4, 0.5) is 0 Å². The number of nitrogens with two attached hydrogens (primary N) is 1. The number of rotatable bonds is 53. The fourth-order valence-electron chi connectivity index (χ4n) is 12.0. The number of aromatic nitrogens is 1. The molecule has 0 bridgehead atoms. The molecule has 700 valence electrons. The molecule has 0 fully saturated rings. The highest BCUT2D eigenvalue weighted by Gasteiger charge is 2.39. The molecule has 25 N–H and O–H groups in total. The molecule has 125 heavy (non-hydrogen) atoms. The highest BCUT2D eigenvalue weighted by molar-refractivity contribution is 7.80. The summed E-state index contributed by atoms with van der Waals surface area (Å²) in [7, 11) is 0. The Morgan fingerprint density at radius 1 is 0.376 bits per heavy atom. The standard InChI is InChI=1S/C79H129N21O23S2/c1-35(2)23-48(70(113)87-43(16)66(109)91-50(32-101)68(111)83-28-55(104)82-29-57(106)95-61(38(7)8)77(120)99-64(41(13)14)78(121)122)90-75(118)63(40(11)12)98-76(119)60(37(5)6)94-53(102)25-79(18,123)100-58(107)31-84-69(112)51(33-124)92-65(108)42(15)86-56(105)30-85-73(116)59(36(3)4)96-72(115)52(34-125)93-67(110)44(17)88-74(117)62(39(9)10)97-71(114)49(89-54(103)26-80)24-45-27-81-47-22-20-19-21-46(45)47/h19-22,27,35-44,48-52,59-64,81,101,123-125H,23-26,28-34,80H2,1-18H3,(H,82,104)(H,83,111)(H,84,112)(H,85,116)(H,86,105)(H,87,113)(H,88,117)(H,89,103)(H,90,118)(H,91,109)(H,92,108)(H,93,110)(H,94,102)(H,95,106)(H,96,115)(H,97,114)(H,98,119)(H,99,120)(H,100,107)(H,121,122)/t42-,43-,44-,48-,49-,50-,51-,52-,59-,60-,61-,62-,63-,64-,79?/m0/s1. The number of carboxylic acids is 1. The van der Waals surface area contributed by atoms with Gasteiger partial charge in [-0.25, -0.2) is 4.79 Å². The van der Waals surface area contributed by atoms with Crippen molar-refractivity contribution in [3.63, 3.8) is 0 Å². The Morgan fingerprint density at radius 2 is 0.736 bits per heavy atom. The molecule has 19 amide bonds. The quantitative estimate of drug-likeness (QED) is 0.0216. The second-order valence-corrected chi connectivity index (χ2v) is 33.6. The number of H-pyrrole nitrogens is 1. The number of carboxylic acid groups (broad SMARTS) is 1. The predicted octanol–water partition coefficient (Wildman–Crippen LogP) is -6.89. The van der Waals surface area contributed by atoms with Crippen LogP contribution in [0.1, 0.15) is 143 Å². The summed E-state index contributed by atoms with van der Waals surface area (Å²) < 4.78 is 0. The van der Waals surface area contributed by atoms with Crippen LogP contribution < -0.4 is 107 Å². The highest BCUT2D eigenvalue weighted by atomic mass is 32.1. The van der Waals surface area contributed by atoms with E-state index in [1.807, 2.05) is 24.3 Å². The topological polar surface area (TPSA) is 672 Å². The number of carbonyl (C=O) groups excluding carboxylic acids is 19. The summed E-state index contributed by atoms with van der Waals surface area (Å²) in [5.74, 6) is -22.2. The molecule has 15 atom stereocenters. The number of aliphatic hydroxyl groups is 2. The van der Waals surface area contributed by atoms with E-state index < -0.39 is 290 Å². The Hall–Kier alpha value is -11.3. The molecule has 46 heteroatoms. The Morgan fingerprint density at radius 3 is 1.22 bits per heavy atom. The van der Waals surface area contributed by atoms with Gasteiger partial charge in [0.05, 0.1) is 45.8 Å². The van der Waals surface area contributed by atoms with Crippen LogP contribution in [0.3, 0.4) is 0 Å². The molecule has 0 radical (unpaired) electrons. The van der Waals surface area contributed by atoms with Crippen LogP contribution >= 0.6 is 25.3 Å². The summed E-state index contributed by atoms with van der Waals surface area (Å²) in [4.78, 5) is 268. The van der Waals surface area contributed by atoms with Crippen LogP contribution in [0, 0.1) is 41.4 Å². The van der Waals surface area contributed by atoms with Gasteiger partial charge in [-0.1, -0.05) is 115 Å². The minimum absolute atomic E-state index is 0.00301. The van der Waals surface area contributed by atoms with Crippen LogP contribution in [0.15, 0.2) is 30.5 Å². The fourth-order valence-corrected chi connectivity index (χ4v) is 12.5. The van der Waals surface area contributed by atoms with Gasteiger partial charge in [0.15, 0.2) is 0 Å². The lowest BCUT2D eigenvalue weighted by atomic mass is 9.98. The van der Waals surface area contributed by atoms with Gasteiger partial charge in [-0.3, -0.25) is 91.1 Å². The van der Waals surface area contributed by atoms with E-state index in [2.05, 4.69) is 131 Å². The first kappa shape index (κ1) is 110. The minimum atomic E-state index is -2.33. The van der Waals surface area contributed by atoms with Crippen LogP contribution in [-0.2, 0) is 102 Å². The second-order valence-electron chi connectivity index (χ2n) is 32.8. The van der Waals surface area contributed by atoms with Crippen LogP contribution in [-0.4, -0.2) is 280 Å². The summed E-state index contributed by atoms with van der Waals surface area (Å²) in [5.41, 5.74) is 4.72. The van der Waals surface area contributed by atoms with E-state index in [1.165, 1.54) is 20.8 Å². The number of aliphatic carboxylic acids is 1. The monoisotopic (exact) mass is 1800 g/mol. The number of hydrogen-bond acceptors (Lipinski definition) is 25. The zero-order valence-electron chi connectivity index (χ0n) is 73.8. The number of benzene rings is 1. The predicted molar refractivity (Wildman–Crippen MR) is 461 cm³/mol. The summed E-state index contributed by atoms with van der Waals surface area (Å²) in [5, 5.41) is 77.4. The van der Waals surface area contributed by atoms with Gasteiger partial charge >= 0.3 is 5.97 Å². The van der Waals surface area contributed by atoms with Gasteiger partial charge in [0.2, 0.25) is 112 Å². The number of hydrogen-bond donors (Lipinski definition) is 26. The van der Waals surface area contributed by atoms with E-state index in [1.54, 1.807) is 103 Å². The van der Waals surface area contributed by atoms with E-state index in [9.17, 15) is 111 Å². The lowest BCUT2D eigenvalue weighted by Crippen LogP contribution is -2.61. The molecule has 0 aliphatic carbocycles. The van der Waals surface area contributed by atoms with E-state index in [-0.39, 0.29) is 30.3 Å². The first-order valence-electron chi connectivity index (χ1n) is 40.9. The number of carbonyl (C=O) groups is 20. The molecule has 0 aliphatic heterocycles. The molecule has 1 aromatic heterocycles. The number of aliphatic hydroxyl groups excluding tert-OH is 1. The van der Waals surface area contributed by atoms with Crippen LogP contribution in [0.2, 0.25) is 0 Å². The summed E-state index contributed by atoms with van der Waals surface area (Å²) in [6.07, 6.45) is 0.866. The van der Waals surface area contributed by atoms with E-state index in [0.29, 0.717) is 5.56 Å². The van der Waals surface area contributed by atoms with Crippen molar-refractivity contribution in [2.45, 2.75) is 234 Å². The number of thiol groups is 2. The van der Waals surface area contributed by atoms with Gasteiger partial charge in [-0.05, 0) is 87.2 Å². The normalized spacial score (nSPS) is 15.2. The third-order valence-electron chi connectivity index (χ3n) is 19.1. The molecule has 0 aliphatic rings. The van der Waals surface area contributed by atoms with Crippen molar-refractivity contribution in [2.75, 3.05) is 50.8 Å². The van der Waals surface area contributed by atoms with Crippen molar-refractivity contribution in [2.24, 2.45) is 47.2 Å². The molecule has 2 rings (SSSR count). The molecule has 0 saturated carbocycles. The molecule has 44 nitrogen and oxygen atoms in total. The maximum atomic E-state index is 14.0. The SMILES string of the molecule is CC(C)C[C@H](NC(=O)[C@@H](NC(=O)[C@@H](NC(=O)CC(C)(O)NC(=O)CNC(=O)[C@H](CS)NC(=O)[C@H](C)NC(=O)CNC(=O)[C@@H](NC(=O)[C@H](CS)NC(=O)[C@H](C)NC(=O)[C@@H](NC(=O)[C@H](Cc1c[nH]c2ccccc12)NC(=O)CN)C(C)C)C(C)C)C(C)C)C(C)C)C(=O)N[C@@H](C)C(=O)N[C@@H](CO)C(=O)NCC(=O)NCC(=O)N[C@H](C(=O)N[C@H](C(=O)O)C(C)C)C(C)C. The van der Waals surface area contributed by atoms with Crippen molar-refractivity contribution < 1.29 is 111 Å². The lowest BCUT2D eigenvalue weighted by molar-refractivity contribution is -0.144. The molecule has 1 unspecified atom stereocenters. The third-order valence-corrected chi connectivity index (χ3v) is 19.9. The van der Waals surface area contributed by atoms with Gasteiger partial charge in [0.25, 0.3) is 0 Å². The fraction of sp³-hybridized carbons (Fsp3) is 0.646. The van der Waals surface area contributed by atoms with Crippen molar-refractivity contribution >= 4 is 154 Å². The molecule has 2 aromatic rings. The first-order chi connectivity index (χ1) is 58.2. The van der Waals surface area contributed by atoms with Crippen molar-refractivity contribution in [3.8, 4) is 0 Å². The summed E-state index contributed by atoms with van der Waals surface area (Å²) in [6, 6.07) is -11.4. The molecular weight excluding hydrogens is 1680 g/mol. The smallest absolute Gasteiger partial charge is 0.326 e. The number of amides is 19. The molecular formula is C79H129N21O23S2. The summed E-state index contributed by atoms with van der Waals surface area (Å²) >= 11 is 8.34. The summed E-state index contributed by atoms with van der Waals surface area (Å²) in [6.45, 7) is 23.0. The van der Waals surface area contributed by atoms with Gasteiger partial charge in [0.1, 0.15) is 90.3 Å². The number of para-hydroxylation sites is 1. The Bertz CT molecular complexity index is 4120. The van der Waals surface area contributed by atoms with Crippen molar-refractivity contribution in [1.29, 1.82) is 0 Å². The Kier molecular flexibility index (Phi) is 46.7. The second kappa shape index (κ2) is 53.2. The minimum Gasteiger partial charge on any atom is -0.480 e. The maximum Gasteiger partial charge on any atom is 0.326 e. The number of fused-ring (bicyclic) bond motifs is 1.